The molecule has 0 atom stereocenters. The first kappa shape index (κ1) is 10.4. The zero-order valence-corrected chi connectivity index (χ0v) is 8.59. The summed E-state index contributed by atoms with van der Waals surface area (Å²) in [6.07, 6.45) is 0. The van der Waals surface area contributed by atoms with Gasteiger partial charge in [0.1, 0.15) is 11.6 Å². The predicted octanol–water partition coefficient (Wildman–Crippen LogP) is 2.11. The highest BCUT2D eigenvalue weighted by molar-refractivity contribution is 5.49. The Balaban J connectivity index is 2.27. The minimum atomic E-state index is -0.489. The van der Waals surface area contributed by atoms with E-state index < -0.39 is 11.6 Å². The summed E-state index contributed by atoms with van der Waals surface area (Å²) in [6.45, 7) is 4.02. The molecule has 0 N–H and O–H groups in total. The summed E-state index contributed by atoms with van der Waals surface area (Å²) in [5.41, 5.74) is 0.672. The van der Waals surface area contributed by atoms with Crippen LogP contribution in [-0.2, 0) is 4.74 Å². The Morgan fingerprint density at radius 3 is 2.20 bits per heavy atom. The van der Waals surface area contributed by atoms with Gasteiger partial charge in [-0.05, 0) is 19.1 Å². The van der Waals surface area contributed by atoms with E-state index >= 15 is 0 Å². The van der Waals surface area contributed by atoms with Crippen LogP contribution in [0.2, 0.25) is 0 Å². The van der Waals surface area contributed by atoms with E-state index in [0.29, 0.717) is 32.0 Å². The largest absolute Gasteiger partial charge is 0.378 e. The maximum absolute atomic E-state index is 13.3. The van der Waals surface area contributed by atoms with E-state index in [1.807, 2.05) is 4.90 Å². The highest BCUT2D eigenvalue weighted by Gasteiger charge is 2.14. The summed E-state index contributed by atoms with van der Waals surface area (Å²) in [5.74, 6) is -0.979. The third-order valence-corrected chi connectivity index (χ3v) is 2.64. The van der Waals surface area contributed by atoms with Crippen LogP contribution in [0.4, 0.5) is 14.5 Å². The number of rotatable bonds is 1. The lowest BCUT2D eigenvalue weighted by Gasteiger charge is -2.29. The zero-order chi connectivity index (χ0) is 10.8. The van der Waals surface area contributed by atoms with Gasteiger partial charge in [-0.2, -0.15) is 0 Å². The van der Waals surface area contributed by atoms with E-state index in [1.54, 1.807) is 0 Å². The van der Waals surface area contributed by atoms with Gasteiger partial charge in [0.15, 0.2) is 0 Å². The molecule has 1 aromatic carbocycles. The second-order valence-electron chi connectivity index (χ2n) is 3.63. The van der Waals surface area contributed by atoms with Crippen LogP contribution >= 0.6 is 0 Å². The van der Waals surface area contributed by atoms with Crippen LogP contribution in [0.3, 0.4) is 0 Å². The molecule has 1 aromatic rings. The molecule has 0 bridgehead atoms. The standard InChI is InChI=1S/C11H13F2NO/c1-8-10(12)6-9(7-11(8)13)14-2-4-15-5-3-14/h6-7H,2-5H2,1H3. The number of ether oxygens (including phenoxy) is 1. The van der Waals surface area contributed by atoms with Crippen molar-refractivity contribution in [3.63, 3.8) is 0 Å². The molecule has 2 rings (SSSR count). The first-order chi connectivity index (χ1) is 7.18. The van der Waals surface area contributed by atoms with E-state index in [-0.39, 0.29) is 5.56 Å². The monoisotopic (exact) mass is 213 g/mol. The molecular formula is C11H13F2NO. The molecule has 15 heavy (non-hydrogen) atoms. The Labute approximate surface area is 87.5 Å². The summed E-state index contributed by atoms with van der Waals surface area (Å²) in [4.78, 5) is 1.93. The highest BCUT2D eigenvalue weighted by Crippen LogP contribution is 2.22. The van der Waals surface area contributed by atoms with E-state index in [0.717, 1.165) is 0 Å². The Bertz CT molecular complexity index is 339. The average Bonchev–Trinajstić information content (AvgIpc) is 2.26. The molecule has 82 valence electrons. The zero-order valence-electron chi connectivity index (χ0n) is 8.59. The quantitative estimate of drug-likeness (QED) is 0.708. The fraction of sp³-hybridized carbons (Fsp3) is 0.455. The minimum Gasteiger partial charge on any atom is -0.378 e. The van der Waals surface area contributed by atoms with Crippen LogP contribution in [0.1, 0.15) is 5.56 Å². The molecule has 0 spiro atoms. The molecule has 0 amide bonds. The number of morpholine rings is 1. The molecule has 0 unspecified atom stereocenters. The average molecular weight is 213 g/mol. The van der Waals surface area contributed by atoms with E-state index in [4.69, 9.17) is 4.74 Å². The van der Waals surface area contributed by atoms with Gasteiger partial charge < -0.3 is 9.64 Å². The van der Waals surface area contributed by atoms with E-state index in [2.05, 4.69) is 0 Å². The van der Waals surface area contributed by atoms with Crippen LogP contribution < -0.4 is 4.90 Å². The molecule has 4 heteroatoms. The smallest absolute Gasteiger partial charge is 0.131 e. The maximum atomic E-state index is 13.3. The topological polar surface area (TPSA) is 12.5 Å². The highest BCUT2D eigenvalue weighted by atomic mass is 19.1. The van der Waals surface area contributed by atoms with Crippen molar-refractivity contribution in [1.82, 2.24) is 0 Å². The van der Waals surface area contributed by atoms with Crippen LogP contribution in [-0.4, -0.2) is 26.3 Å². The Hall–Kier alpha value is -1.16. The molecule has 1 aliphatic rings. The fourth-order valence-electron chi connectivity index (χ4n) is 1.64. The van der Waals surface area contributed by atoms with E-state index in [1.165, 1.54) is 19.1 Å². The third-order valence-electron chi connectivity index (χ3n) is 2.64. The van der Waals surface area contributed by atoms with Crippen molar-refractivity contribution in [3.05, 3.63) is 29.3 Å². The first-order valence-corrected chi connectivity index (χ1v) is 4.97. The second-order valence-corrected chi connectivity index (χ2v) is 3.63. The second kappa shape index (κ2) is 4.14. The molecule has 0 radical (unpaired) electrons. The normalized spacial score (nSPS) is 16.9. The predicted molar refractivity (Wildman–Crippen MR) is 54.1 cm³/mol. The van der Waals surface area contributed by atoms with E-state index in [9.17, 15) is 8.78 Å². The molecule has 1 aliphatic heterocycles. The lowest BCUT2D eigenvalue weighted by Crippen LogP contribution is -2.36. The molecule has 1 fully saturated rings. The van der Waals surface area contributed by atoms with Crippen molar-refractivity contribution in [2.24, 2.45) is 0 Å². The van der Waals surface area contributed by atoms with Gasteiger partial charge in [0.25, 0.3) is 0 Å². The van der Waals surface area contributed by atoms with Crippen LogP contribution in [0.5, 0.6) is 0 Å². The molecular weight excluding hydrogens is 200 g/mol. The van der Waals surface area contributed by atoms with Crippen molar-refractivity contribution >= 4 is 5.69 Å². The Morgan fingerprint density at radius 2 is 1.67 bits per heavy atom. The van der Waals surface area contributed by atoms with Gasteiger partial charge in [0.2, 0.25) is 0 Å². The maximum Gasteiger partial charge on any atom is 0.131 e. The first-order valence-electron chi connectivity index (χ1n) is 4.97. The Morgan fingerprint density at radius 1 is 1.13 bits per heavy atom. The van der Waals surface area contributed by atoms with Gasteiger partial charge in [-0.3, -0.25) is 0 Å². The Kier molecular flexibility index (Phi) is 2.86. The van der Waals surface area contributed by atoms with Crippen LogP contribution in [0, 0.1) is 18.6 Å². The van der Waals surface area contributed by atoms with Crippen molar-refractivity contribution in [1.29, 1.82) is 0 Å². The summed E-state index contributed by atoms with van der Waals surface area (Å²) >= 11 is 0. The number of nitrogens with zero attached hydrogens (tertiary/aromatic N) is 1. The van der Waals surface area contributed by atoms with Crippen LogP contribution in [0.25, 0.3) is 0 Å². The summed E-state index contributed by atoms with van der Waals surface area (Å²) < 4.78 is 31.8. The van der Waals surface area contributed by atoms with Gasteiger partial charge in [-0.25, -0.2) is 8.78 Å². The van der Waals surface area contributed by atoms with Crippen molar-refractivity contribution in [2.75, 3.05) is 31.2 Å². The lowest BCUT2D eigenvalue weighted by molar-refractivity contribution is 0.122. The molecule has 1 heterocycles. The van der Waals surface area contributed by atoms with Gasteiger partial charge in [-0.1, -0.05) is 0 Å². The minimum absolute atomic E-state index is 0.0759. The molecule has 2 nitrogen and oxygen atoms in total. The SMILES string of the molecule is Cc1c(F)cc(N2CCOCC2)cc1F. The number of anilines is 1. The van der Waals surface area contributed by atoms with Crippen molar-refractivity contribution < 1.29 is 13.5 Å². The molecule has 0 aromatic heterocycles. The van der Waals surface area contributed by atoms with Gasteiger partial charge in [0.05, 0.1) is 13.2 Å². The van der Waals surface area contributed by atoms with Gasteiger partial charge in [0, 0.05) is 24.3 Å². The van der Waals surface area contributed by atoms with Gasteiger partial charge >= 0.3 is 0 Å². The van der Waals surface area contributed by atoms with Crippen molar-refractivity contribution in [3.8, 4) is 0 Å². The van der Waals surface area contributed by atoms with Crippen molar-refractivity contribution in [2.45, 2.75) is 6.92 Å². The number of benzene rings is 1. The third kappa shape index (κ3) is 2.09. The summed E-state index contributed by atoms with van der Waals surface area (Å²) in [7, 11) is 0. The molecule has 1 saturated heterocycles. The van der Waals surface area contributed by atoms with Crippen LogP contribution in [0.15, 0.2) is 12.1 Å². The summed E-state index contributed by atoms with van der Waals surface area (Å²) in [5, 5.41) is 0. The lowest BCUT2D eigenvalue weighted by atomic mass is 10.2. The number of halogens is 2. The summed E-state index contributed by atoms with van der Waals surface area (Å²) in [6, 6.07) is 2.76. The number of hydrogen-bond acceptors (Lipinski definition) is 2. The fourth-order valence-corrected chi connectivity index (χ4v) is 1.64. The van der Waals surface area contributed by atoms with Gasteiger partial charge in [-0.15, -0.1) is 0 Å². The molecule has 0 saturated carbocycles. The molecule has 0 aliphatic carbocycles. The number of hydrogen-bond donors (Lipinski definition) is 0.